The standard InChI is InChI=1S/C12H13Cl2NO/c13-11-4-3-10(6-12(11)14)15-7-9-2-1-5-16-8-9/h2-4,6,15H,1,5,7-8H2. The van der Waals surface area contributed by atoms with Crippen molar-refractivity contribution in [2.24, 2.45) is 0 Å². The third-order valence-electron chi connectivity index (χ3n) is 2.42. The van der Waals surface area contributed by atoms with Crippen LogP contribution in [0.25, 0.3) is 0 Å². The summed E-state index contributed by atoms with van der Waals surface area (Å²) < 4.78 is 5.36. The lowest BCUT2D eigenvalue weighted by Crippen LogP contribution is -2.13. The highest BCUT2D eigenvalue weighted by molar-refractivity contribution is 6.42. The Morgan fingerprint density at radius 2 is 2.12 bits per heavy atom. The summed E-state index contributed by atoms with van der Waals surface area (Å²) in [5, 5.41) is 4.44. The maximum Gasteiger partial charge on any atom is 0.0693 e. The van der Waals surface area contributed by atoms with Crippen LogP contribution in [0.5, 0.6) is 0 Å². The minimum atomic E-state index is 0.570. The van der Waals surface area contributed by atoms with E-state index in [1.165, 1.54) is 5.57 Å². The Bertz CT molecular complexity index is 404. The zero-order chi connectivity index (χ0) is 11.4. The van der Waals surface area contributed by atoms with Gasteiger partial charge >= 0.3 is 0 Å². The highest BCUT2D eigenvalue weighted by Crippen LogP contribution is 2.25. The van der Waals surface area contributed by atoms with Gasteiger partial charge in [0.05, 0.1) is 23.3 Å². The van der Waals surface area contributed by atoms with E-state index in [1.807, 2.05) is 12.1 Å². The number of benzene rings is 1. The van der Waals surface area contributed by atoms with Crippen LogP contribution in [0, 0.1) is 0 Å². The molecule has 0 spiro atoms. The quantitative estimate of drug-likeness (QED) is 0.833. The van der Waals surface area contributed by atoms with E-state index in [2.05, 4.69) is 11.4 Å². The molecule has 4 heteroatoms. The molecule has 0 aromatic heterocycles. The molecule has 1 N–H and O–H groups in total. The average molecular weight is 258 g/mol. The van der Waals surface area contributed by atoms with Crippen molar-refractivity contribution in [1.82, 2.24) is 0 Å². The molecule has 0 saturated carbocycles. The van der Waals surface area contributed by atoms with Gasteiger partial charge in [-0.25, -0.2) is 0 Å². The van der Waals surface area contributed by atoms with Crippen molar-refractivity contribution < 1.29 is 4.74 Å². The zero-order valence-electron chi connectivity index (χ0n) is 8.80. The van der Waals surface area contributed by atoms with Crippen molar-refractivity contribution in [3.63, 3.8) is 0 Å². The van der Waals surface area contributed by atoms with E-state index in [4.69, 9.17) is 27.9 Å². The first kappa shape index (κ1) is 11.8. The summed E-state index contributed by atoms with van der Waals surface area (Å²) in [7, 11) is 0. The van der Waals surface area contributed by atoms with Crippen molar-refractivity contribution in [3.05, 3.63) is 39.9 Å². The highest BCUT2D eigenvalue weighted by Gasteiger charge is 2.04. The molecule has 0 unspecified atom stereocenters. The molecule has 86 valence electrons. The zero-order valence-corrected chi connectivity index (χ0v) is 10.3. The Morgan fingerprint density at radius 1 is 1.25 bits per heavy atom. The monoisotopic (exact) mass is 257 g/mol. The first-order chi connectivity index (χ1) is 7.75. The van der Waals surface area contributed by atoms with Gasteiger partial charge in [0.15, 0.2) is 0 Å². The molecule has 0 radical (unpaired) electrons. The fraction of sp³-hybridized carbons (Fsp3) is 0.333. The molecule has 0 atom stereocenters. The van der Waals surface area contributed by atoms with E-state index in [0.717, 1.165) is 25.3 Å². The van der Waals surface area contributed by atoms with Crippen molar-refractivity contribution in [1.29, 1.82) is 0 Å². The predicted octanol–water partition coefficient (Wildman–Crippen LogP) is 3.75. The van der Waals surface area contributed by atoms with Gasteiger partial charge in [0.25, 0.3) is 0 Å². The smallest absolute Gasteiger partial charge is 0.0693 e. The highest BCUT2D eigenvalue weighted by atomic mass is 35.5. The molecule has 1 heterocycles. The SMILES string of the molecule is Clc1ccc(NCC2=CCCOC2)cc1Cl. The number of hydrogen-bond acceptors (Lipinski definition) is 2. The third-order valence-corrected chi connectivity index (χ3v) is 3.16. The van der Waals surface area contributed by atoms with Gasteiger partial charge in [-0.1, -0.05) is 29.3 Å². The number of anilines is 1. The lowest BCUT2D eigenvalue weighted by Gasteiger charge is -2.15. The molecular weight excluding hydrogens is 245 g/mol. The molecule has 1 aromatic carbocycles. The first-order valence-electron chi connectivity index (χ1n) is 5.20. The summed E-state index contributed by atoms with van der Waals surface area (Å²) in [5.74, 6) is 0. The Hall–Kier alpha value is -0.700. The van der Waals surface area contributed by atoms with Crippen LogP contribution in [-0.2, 0) is 4.74 Å². The predicted molar refractivity (Wildman–Crippen MR) is 68.5 cm³/mol. The van der Waals surface area contributed by atoms with Gasteiger partial charge in [0.2, 0.25) is 0 Å². The normalized spacial score (nSPS) is 15.8. The average Bonchev–Trinajstić information content (AvgIpc) is 2.32. The van der Waals surface area contributed by atoms with Crippen LogP contribution in [0.3, 0.4) is 0 Å². The number of halogens is 2. The fourth-order valence-electron chi connectivity index (χ4n) is 1.55. The summed E-state index contributed by atoms with van der Waals surface area (Å²) in [6.07, 6.45) is 3.21. The summed E-state index contributed by atoms with van der Waals surface area (Å²) in [6.45, 7) is 2.34. The maximum atomic E-state index is 5.92. The molecule has 0 aliphatic carbocycles. The maximum absolute atomic E-state index is 5.92. The number of hydrogen-bond donors (Lipinski definition) is 1. The van der Waals surface area contributed by atoms with Crippen LogP contribution in [-0.4, -0.2) is 19.8 Å². The van der Waals surface area contributed by atoms with Gasteiger partial charge in [-0.2, -0.15) is 0 Å². The van der Waals surface area contributed by atoms with Crippen LogP contribution in [0.4, 0.5) is 5.69 Å². The summed E-state index contributed by atoms with van der Waals surface area (Å²) in [5.41, 5.74) is 2.25. The topological polar surface area (TPSA) is 21.3 Å². The van der Waals surface area contributed by atoms with Gasteiger partial charge in [0, 0.05) is 12.2 Å². The molecule has 1 aliphatic heterocycles. The minimum absolute atomic E-state index is 0.570. The molecule has 0 fully saturated rings. The molecule has 2 nitrogen and oxygen atoms in total. The Balaban J connectivity index is 1.94. The van der Waals surface area contributed by atoms with Crippen molar-refractivity contribution >= 4 is 28.9 Å². The van der Waals surface area contributed by atoms with E-state index in [0.29, 0.717) is 16.7 Å². The van der Waals surface area contributed by atoms with Crippen LogP contribution < -0.4 is 5.32 Å². The molecule has 0 amide bonds. The van der Waals surface area contributed by atoms with Crippen LogP contribution in [0.2, 0.25) is 10.0 Å². The van der Waals surface area contributed by atoms with Crippen molar-refractivity contribution in [2.45, 2.75) is 6.42 Å². The Morgan fingerprint density at radius 3 is 2.81 bits per heavy atom. The van der Waals surface area contributed by atoms with Crippen LogP contribution in [0.1, 0.15) is 6.42 Å². The van der Waals surface area contributed by atoms with Gasteiger partial charge in [-0.3, -0.25) is 0 Å². The Labute approximate surface area is 105 Å². The number of ether oxygens (including phenoxy) is 1. The van der Waals surface area contributed by atoms with Crippen LogP contribution in [0.15, 0.2) is 29.8 Å². The third kappa shape index (κ3) is 3.14. The van der Waals surface area contributed by atoms with E-state index >= 15 is 0 Å². The number of nitrogens with one attached hydrogen (secondary N) is 1. The lowest BCUT2D eigenvalue weighted by molar-refractivity contribution is 0.150. The van der Waals surface area contributed by atoms with Crippen LogP contribution >= 0.6 is 23.2 Å². The number of rotatable bonds is 3. The molecule has 1 aliphatic rings. The first-order valence-corrected chi connectivity index (χ1v) is 5.96. The molecule has 1 aromatic rings. The lowest BCUT2D eigenvalue weighted by atomic mass is 10.2. The van der Waals surface area contributed by atoms with Gasteiger partial charge < -0.3 is 10.1 Å². The second-order valence-corrected chi connectivity index (χ2v) is 4.50. The van der Waals surface area contributed by atoms with E-state index in [-0.39, 0.29) is 0 Å². The molecule has 2 rings (SSSR count). The minimum Gasteiger partial charge on any atom is -0.381 e. The van der Waals surface area contributed by atoms with E-state index in [1.54, 1.807) is 6.07 Å². The summed E-state index contributed by atoms with van der Waals surface area (Å²) in [6, 6.07) is 5.53. The largest absolute Gasteiger partial charge is 0.381 e. The fourth-order valence-corrected chi connectivity index (χ4v) is 1.85. The molecule has 0 saturated heterocycles. The summed E-state index contributed by atoms with van der Waals surface area (Å²) in [4.78, 5) is 0. The van der Waals surface area contributed by atoms with Crippen molar-refractivity contribution in [2.75, 3.05) is 25.1 Å². The second-order valence-electron chi connectivity index (χ2n) is 3.69. The second kappa shape index (κ2) is 5.58. The molecular formula is C12H13Cl2NO. The Kier molecular flexibility index (Phi) is 4.10. The molecule has 0 bridgehead atoms. The van der Waals surface area contributed by atoms with Gasteiger partial charge in [-0.05, 0) is 30.2 Å². The van der Waals surface area contributed by atoms with E-state index < -0.39 is 0 Å². The van der Waals surface area contributed by atoms with E-state index in [9.17, 15) is 0 Å². The van der Waals surface area contributed by atoms with Gasteiger partial charge in [-0.15, -0.1) is 0 Å². The summed E-state index contributed by atoms with van der Waals surface area (Å²) >= 11 is 11.8. The van der Waals surface area contributed by atoms with Crippen molar-refractivity contribution in [3.8, 4) is 0 Å². The molecule has 16 heavy (non-hydrogen) atoms. The van der Waals surface area contributed by atoms with Gasteiger partial charge in [0.1, 0.15) is 0 Å².